The summed E-state index contributed by atoms with van der Waals surface area (Å²) in [4.78, 5) is 4.50. The molecule has 0 aliphatic carbocycles. The molecule has 0 atom stereocenters. The molecule has 0 spiro atoms. The topological polar surface area (TPSA) is 17.8 Å². The summed E-state index contributed by atoms with van der Waals surface area (Å²) in [6, 6.07) is 14.8. The van der Waals surface area contributed by atoms with Crippen LogP contribution in [0.4, 0.5) is 4.39 Å². The summed E-state index contributed by atoms with van der Waals surface area (Å²) < 4.78 is 15.7. The van der Waals surface area contributed by atoms with Crippen molar-refractivity contribution in [3.05, 3.63) is 65.7 Å². The molecule has 0 fully saturated rings. The lowest BCUT2D eigenvalue weighted by atomic mass is 10.1. The minimum Gasteiger partial charge on any atom is -0.327 e. The highest BCUT2D eigenvalue weighted by molar-refractivity contribution is 6.16. The highest BCUT2D eigenvalue weighted by atomic mass is 35.5. The lowest BCUT2D eigenvalue weighted by Gasteiger charge is -2.08. The second kappa shape index (κ2) is 5.63. The molecule has 3 aromatic rings. The molecule has 1 heterocycles. The number of aryl methyl sites for hydroxylation is 2. The van der Waals surface area contributed by atoms with Gasteiger partial charge < -0.3 is 4.57 Å². The fraction of sp³-hybridized carbons (Fsp3) is 0.188. The van der Waals surface area contributed by atoms with E-state index >= 15 is 0 Å². The lowest BCUT2D eigenvalue weighted by Crippen LogP contribution is -2.06. The average Bonchev–Trinajstić information content (AvgIpc) is 2.84. The molecule has 0 N–H and O–H groups in total. The van der Waals surface area contributed by atoms with Crippen LogP contribution < -0.4 is 0 Å². The summed E-state index contributed by atoms with van der Waals surface area (Å²) >= 11 is 5.96. The van der Waals surface area contributed by atoms with Crippen LogP contribution >= 0.6 is 11.6 Å². The molecular weight excluding hydrogens is 275 g/mol. The molecule has 2 aromatic carbocycles. The average molecular weight is 289 g/mol. The van der Waals surface area contributed by atoms with Crippen LogP contribution in [0, 0.1) is 5.82 Å². The monoisotopic (exact) mass is 288 g/mol. The predicted octanol–water partition coefficient (Wildman–Crippen LogP) is 4.16. The fourth-order valence-electron chi connectivity index (χ4n) is 2.41. The third-order valence-electron chi connectivity index (χ3n) is 3.42. The fourth-order valence-corrected chi connectivity index (χ4v) is 2.61. The Balaban J connectivity index is 1.92. The molecule has 0 aliphatic rings. The maximum absolute atomic E-state index is 13.7. The normalized spacial score (nSPS) is 11.1. The second-order valence-electron chi connectivity index (χ2n) is 4.64. The first kappa shape index (κ1) is 13.1. The van der Waals surface area contributed by atoms with Gasteiger partial charge in [0.25, 0.3) is 0 Å². The number of halogens is 2. The number of imidazole rings is 1. The summed E-state index contributed by atoms with van der Waals surface area (Å²) in [6.45, 7) is 0.670. The number of hydrogen-bond donors (Lipinski definition) is 0. The zero-order valence-corrected chi connectivity index (χ0v) is 11.6. The van der Waals surface area contributed by atoms with E-state index in [4.69, 9.17) is 11.6 Å². The molecule has 0 unspecified atom stereocenters. The van der Waals surface area contributed by atoms with Crippen LogP contribution in [-0.2, 0) is 18.8 Å². The van der Waals surface area contributed by atoms with Gasteiger partial charge in [-0.25, -0.2) is 9.37 Å². The van der Waals surface area contributed by atoms with Crippen molar-refractivity contribution in [2.45, 2.75) is 18.8 Å². The van der Waals surface area contributed by atoms with Crippen molar-refractivity contribution in [2.75, 3.05) is 0 Å². The van der Waals surface area contributed by atoms with E-state index in [9.17, 15) is 4.39 Å². The first-order chi connectivity index (χ1) is 9.79. The molecule has 20 heavy (non-hydrogen) atoms. The van der Waals surface area contributed by atoms with Crippen LogP contribution in [0.3, 0.4) is 0 Å². The SMILES string of the molecule is Fc1ccccc1CCn1c(CCl)nc2ccccc21. The van der Waals surface area contributed by atoms with E-state index in [-0.39, 0.29) is 5.82 Å². The first-order valence-corrected chi connectivity index (χ1v) is 7.06. The molecule has 3 rings (SSSR count). The molecule has 0 saturated heterocycles. The smallest absolute Gasteiger partial charge is 0.126 e. The summed E-state index contributed by atoms with van der Waals surface area (Å²) in [5.41, 5.74) is 2.68. The van der Waals surface area contributed by atoms with Gasteiger partial charge in [0.1, 0.15) is 11.6 Å². The number of rotatable bonds is 4. The number of alkyl halides is 1. The third kappa shape index (κ3) is 2.41. The van der Waals surface area contributed by atoms with Crippen LogP contribution in [0.25, 0.3) is 11.0 Å². The molecule has 102 valence electrons. The van der Waals surface area contributed by atoms with E-state index in [0.29, 0.717) is 24.4 Å². The first-order valence-electron chi connectivity index (χ1n) is 6.53. The lowest BCUT2D eigenvalue weighted by molar-refractivity contribution is 0.593. The zero-order valence-electron chi connectivity index (χ0n) is 10.9. The number of aromatic nitrogens is 2. The van der Waals surface area contributed by atoms with E-state index in [1.807, 2.05) is 36.4 Å². The summed E-state index contributed by atoms with van der Waals surface area (Å²) in [6.07, 6.45) is 0.622. The predicted molar refractivity (Wildman–Crippen MR) is 79.4 cm³/mol. The van der Waals surface area contributed by atoms with E-state index in [0.717, 1.165) is 16.9 Å². The van der Waals surface area contributed by atoms with Crippen molar-refractivity contribution in [1.29, 1.82) is 0 Å². The van der Waals surface area contributed by atoms with Crippen molar-refractivity contribution >= 4 is 22.6 Å². The molecule has 0 saturated carbocycles. The largest absolute Gasteiger partial charge is 0.327 e. The number of nitrogens with zero attached hydrogens (tertiary/aromatic N) is 2. The molecule has 0 bridgehead atoms. The highest BCUT2D eigenvalue weighted by Gasteiger charge is 2.10. The van der Waals surface area contributed by atoms with Gasteiger partial charge in [0.2, 0.25) is 0 Å². The highest BCUT2D eigenvalue weighted by Crippen LogP contribution is 2.18. The molecule has 0 radical (unpaired) electrons. The summed E-state index contributed by atoms with van der Waals surface area (Å²) in [7, 11) is 0. The van der Waals surface area contributed by atoms with Crippen molar-refractivity contribution in [1.82, 2.24) is 9.55 Å². The minimum atomic E-state index is -0.163. The van der Waals surface area contributed by atoms with Crippen molar-refractivity contribution in [3.8, 4) is 0 Å². The van der Waals surface area contributed by atoms with Crippen LogP contribution in [-0.4, -0.2) is 9.55 Å². The van der Waals surface area contributed by atoms with Gasteiger partial charge in [-0.1, -0.05) is 30.3 Å². The number of fused-ring (bicyclic) bond motifs is 1. The minimum absolute atomic E-state index is 0.163. The van der Waals surface area contributed by atoms with Crippen molar-refractivity contribution in [2.24, 2.45) is 0 Å². The standard InChI is InChI=1S/C16H14ClFN2/c17-11-16-19-14-7-3-4-8-15(14)20(16)10-9-12-5-1-2-6-13(12)18/h1-8H,9-11H2. The Hall–Kier alpha value is -1.87. The Labute approximate surface area is 121 Å². The zero-order chi connectivity index (χ0) is 13.9. The maximum atomic E-state index is 13.7. The Morgan fingerprint density at radius 2 is 1.80 bits per heavy atom. The number of hydrogen-bond acceptors (Lipinski definition) is 1. The van der Waals surface area contributed by atoms with Crippen molar-refractivity contribution < 1.29 is 4.39 Å². The number of para-hydroxylation sites is 2. The van der Waals surface area contributed by atoms with E-state index in [2.05, 4.69) is 9.55 Å². The molecule has 0 amide bonds. The van der Waals surface area contributed by atoms with Gasteiger partial charge in [-0.2, -0.15) is 0 Å². The Bertz CT molecular complexity index is 736. The molecule has 2 nitrogen and oxygen atoms in total. The van der Waals surface area contributed by atoms with Crippen molar-refractivity contribution in [3.63, 3.8) is 0 Å². The van der Waals surface area contributed by atoms with Gasteiger partial charge in [-0.05, 0) is 30.2 Å². The van der Waals surface area contributed by atoms with Gasteiger partial charge in [0, 0.05) is 6.54 Å². The van der Waals surface area contributed by atoms with E-state index < -0.39 is 0 Å². The second-order valence-corrected chi connectivity index (χ2v) is 4.91. The number of benzene rings is 2. The molecule has 1 aromatic heterocycles. The molecule has 0 aliphatic heterocycles. The van der Waals surface area contributed by atoms with Crippen LogP contribution in [0.5, 0.6) is 0 Å². The van der Waals surface area contributed by atoms with Gasteiger partial charge in [-0.3, -0.25) is 0 Å². The maximum Gasteiger partial charge on any atom is 0.126 e. The van der Waals surface area contributed by atoms with Gasteiger partial charge >= 0.3 is 0 Å². The Morgan fingerprint density at radius 1 is 1.05 bits per heavy atom. The Kier molecular flexibility index (Phi) is 3.70. The molecular formula is C16H14ClFN2. The van der Waals surface area contributed by atoms with Gasteiger partial charge in [0.15, 0.2) is 0 Å². The van der Waals surface area contributed by atoms with Gasteiger partial charge in [-0.15, -0.1) is 11.6 Å². The van der Waals surface area contributed by atoms with E-state index in [1.54, 1.807) is 6.07 Å². The third-order valence-corrected chi connectivity index (χ3v) is 3.65. The van der Waals surface area contributed by atoms with E-state index in [1.165, 1.54) is 6.07 Å². The van der Waals surface area contributed by atoms with Crippen LogP contribution in [0.1, 0.15) is 11.4 Å². The summed E-state index contributed by atoms with van der Waals surface area (Å²) in [5.74, 6) is 1.01. The van der Waals surface area contributed by atoms with Gasteiger partial charge in [0.05, 0.1) is 16.9 Å². The molecule has 4 heteroatoms. The Morgan fingerprint density at radius 3 is 2.60 bits per heavy atom. The summed E-state index contributed by atoms with van der Waals surface area (Å²) in [5, 5.41) is 0. The van der Waals surface area contributed by atoms with Crippen LogP contribution in [0.2, 0.25) is 0 Å². The van der Waals surface area contributed by atoms with Crippen LogP contribution in [0.15, 0.2) is 48.5 Å². The quantitative estimate of drug-likeness (QED) is 0.659.